The van der Waals surface area contributed by atoms with E-state index in [1.165, 1.54) is 11.6 Å². The van der Waals surface area contributed by atoms with Crippen LogP contribution in [-0.2, 0) is 24.1 Å². The Morgan fingerprint density at radius 3 is 2.52 bits per heavy atom. The van der Waals surface area contributed by atoms with Crippen molar-refractivity contribution in [1.82, 2.24) is 24.4 Å². The molecule has 0 unspecified atom stereocenters. The molecule has 0 amide bonds. The van der Waals surface area contributed by atoms with Gasteiger partial charge in [0, 0.05) is 36.6 Å². The summed E-state index contributed by atoms with van der Waals surface area (Å²) in [5.74, 6) is -0.733. The average Bonchev–Trinajstić information content (AvgIpc) is 3.60. The second-order valence-corrected chi connectivity index (χ2v) is 11.9. The van der Waals surface area contributed by atoms with E-state index in [9.17, 15) is 18.3 Å². The first-order valence-electron chi connectivity index (χ1n) is 12.9. The largest absolute Gasteiger partial charge is 0.388 e. The predicted octanol–water partition coefficient (Wildman–Crippen LogP) is 2.19. The van der Waals surface area contributed by atoms with Gasteiger partial charge in [-0.1, -0.05) is 18.2 Å². The van der Waals surface area contributed by atoms with E-state index in [1.807, 2.05) is 36.5 Å². The van der Waals surface area contributed by atoms with Crippen LogP contribution in [0.5, 0.6) is 0 Å². The van der Waals surface area contributed by atoms with E-state index in [2.05, 4.69) is 10.2 Å². The van der Waals surface area contributed by atoms with E-state index in [1.54, 1.807) is 17.1 Å². The number of nitrogens with two attached hydrogens (primary N) is 1. The number of carbonyl (C=O) groups excluding carboxylic acids is 1. The number of anilines is 1. The van der Waals surface area contributed by atoms with Crippen molar-refractivity contribution in [1.29, 1.82) is 0 Å². The molecule has 0 aliphatic heterocycles. The van der Waals surface area contributed by atoms with Crippen molar-refractivity contribution in [3.05, 3.63) is 54.6 Å². The minimum Gasteiger partial charge on any atom is -0.388 e. The molecule has 1 aliphatic rings. The first-order valence-corrected chi connectivity index (χ1v) is 14.8. The molecular weight excluding hydrogens is 536 g/mol. The highest BCUT2D eigenvalue weighted by molar-refractivity contribution is 7.91. The summed E-state index contributed by atoms with van der Waals surface area (Å²) in [6.45, 7) is -0.130. The zero-order chi connectivity index (χ0) is 28.5. The van der Waals surface area contributed by atoms with Crippen LogP contribution in [0.25, 0.3) is 22.5 Å². The predicted molar refractivity (Wildman–Crippen MR) is 147 cm³/mol. The zero-order valence-corrected chi connectivity index (χ0v) is 23.2. The van der Waals surface area contributed by atoms with Gasteiger partial charge in [-0.25, -0.2) is 18.1 Å². The number of benzene rings is 1. The van der Waals surface area contributed by atoms with Gasteiger partial charge in [0.05, 0.1) is 37.0 Å². The van der Waals surface area contributed by atoms with Gasteiger partial charge < -0.3 is 20.3 Å². The summed E-state index contributed by atoms with van der Waals surface area (Å²) < 4.78 is 40.0. The quantitative estimate of drug-likeness (QED) is 0.271. The standard InChI is InChI=1S/C27H32N6O6S/c1-38-12-13-39-27(22(35)17-34)10-8-18(9-11-27)23-24(40(2,36)37)25(28)33-26(31-23)21(15-30-33)19-14-29-32(16-19)20-6-4-3-5-7-20/h3-7,14-16,18,34H,8-13,17,28H2,1-2H3/t18-,27+. The molecule has 1 fully saturated rings. The number of ether oxygens (including phenoxy) is 2. The maximum absolute atomic E-state index is 13.0. The van der Waals surface area contributed by atoms with Gasteiger partial charge in [0.1, 0.15) is 22.9 Å². The summed E-state index contributed by atoms with van der Waals surface area (Å²) in [6, 6.07) is 9.63. The molecule has 0 saturated heterocycles. The van der Waals surface area contributed by atoms with E-state index in [0.29, 0.717) is 49.2 Å². The number of carbonyl (C=O) groups is 1. The molecular formula is C27H32N6O6S. The number of rotatable bonds is 10. The van der Waals surface area contributed by atoms with Crippen LogP contribution in [0, 0.1) is 0 Å². The number of para-hydroxylation sites is 1. The summed E-state index contributed by atoms with van der Waals surface area (Å²) in [5.41, 5.74) is 8.31. The van der Waals surface area contributed by atoms with Crippen LogP contribution < -0.4 is 5.73 Å². The third kappa shape index (κ3) is 5.12. The highest BCUT2D eigenvalue weighted by Gasteiger charge is 2.44. The molecule has 212 valence electrons. The monoisotopic (exact) mass is 568 g/mol. The lowest BCUT2D eigenvalue weighted by molar-refractivity contribution is -0.155. The fourth-order valence-electron chi connectivity index (χ4n) is 5.39. The third-order valence-electron chi connectivity index (χ3n) is 7.45. The Morgan fingerprint density at radius 2 is 1.88 bits per heavy atom. The van der Waals surface area contributed by atoms with Crippen molar-refractivity contribution in [2.24, 2.45) is 0 Å². The Bertz CT molecular complexity index is 1620. The minimum absolute atomic E-state index is 0.0242. The molecule has 3 heterocycles. The Labute approximate surface area is 231 Å². The number of methoxy groups -OCH3 is 1. The number of fused-ring (bicyclic) bond motifs is 1. The number of aliphatic hydroxyl groups is 1. The average molecular weight is 569 g/mol. The van der Waals surface area contributed by atoms with E-state index in [-0.39, 0.29) is 23.2 Å². The molecule has 0 atom stereocenters. The third-order valence-corrected chi connectivity index (χ3v) is 8.61. The molecule has 5 rings (SSSR count). The van der Waals surface area contributed by atoms with Crippen LogP contribution in [0.2, 0.25) is 0 Å². The topological polar surface area (TPSA) is 164 Å². The van der Waals surface area contributed by atoms with Crippen molar-refractivity contribution >= 4 is 27.1 Å². The van der Waals surface area contributed by atoms with Gasteiger partial charge in [-0.3, -0.25) is 4.79 Å². The second kappa shape index (κ2) is 11.1. The van der Waals surface area contributed by atoms with Gasteiger partial charge in [-0.2, -0.15) is 14.7 Å². The van der Waals surface area contributed by atoms with Gasteiger partial charge in [0.2, 0.25) is 0 Å². The lowest BCUT2D eigenvalue weighted by Gasteiger charge is -2.38. The fourth-order valence-corrected chi connectivity index (χ4v) is 6.45. The molecule has 1 aliphatic carbocycles. The Morgan fingerprint density at radius 1 is 1.15 bits per heavy atom. The Hall–Kier alpha value is -3.65. The Balaban J connectivity index is 1.54. The number of nitrogen functional groups attached to an aromatic ring is 1. The number of hydrogen-bond acceptors (Lipinski definition) is 10. The first kappa shape index (κ1) is 27.9. The van der Waals surface area contributed by atoms with Gasteiger partial charge in [-0.05, 0) is 37.8 Å². The SMILES string of the molecule is COCCO[C@]1(C(=O)CO)CC[C@H](c2nc3c(-c4cnn(-c5ccccc5)c4)cnn3c(N)c2S(C)(=O)=O)CC1. The van der Waals surface area contributed by atoms with E-state index < -0.39 is 27.8 Å². The number of ketones is 1. The fraction of sp³-hybridized carbons (Fsp3) is 0.407. The van der Waals surface area contributed by atoms with E-state index in [0.717, 1.165) is 17.5 Å². The van der Waals surface area contributed by atoms with Crippen LogP contribution in [0.4, 0.5) is 5.82 Å². The summed E-state index contributed by atoms with van der Waals surface area (Å²) in [5, 5.41) is 18.4. The highest BCUT2D eigenvalue weighted by atomic mass is 32.2. The molecule has 1 saturated carbocycles. The molecule has 4 aromatic rings. The van der Waals surface area contributed by atoms with Crippen LogP contribution >= 0.6 is 0 Å². The van der Waals surface area contributed by atoms with Gasteiger partial charge in [0.25, 0.3) is 0 Å². The molecule has 0 radical (unpaired) electrons. The van der Waals surface area contributed by atoms with Crippen molar-refractivity contribution in [3.63, 3.8) is 0 Å². The molecule has 0 bridgehead atoms. The van der Waals surface area contributed by atoms with Gasteiger partial charge in [0.15, 0.2) is 21.3 Å². The van der Waals surface area contributed by atoms with Gasteiger partial charge in [-0.15, -0.1) is 0 Å². The molecule has 0 spiro atoms. The minimum atomic E-state index is -3.78. The second-order valence-electron chi connectivity index (χ2n) is 9.98. The number of Topliss-reactive ketones (excluding diaryl/α,β-unsaturated/α-hetero) is 1. The molecule has 3 aromatic heterocycles. The normalized spacial score (nSPS) is 19.7. The lowest BCUT2D eigenvalue weighted by atomic mass is 9.75. The first-order chi connectivity index (χ1) is 19.2. The smallest absolute Gasteiger partial charge is 0.189 e. The molecule has 13 heteroatoms. The van der Waals surface area contributed by atoms with E-state index in [4.69, 9.17) is 20.2 Å². The number of aliphatic hydroxyl groups excluding tert-OH is 1. The van der Waals surface area contributed by atoms with Crippen LogP contribution in [-0.4, -0.2) is 82.5 Å². The van der Waals surface area contributed by atoms with Crippen molar-refractivity contribution in [3.8, 4) is 16.8 Å². The maximum atomic E-state index is 13.0. The number of nitrogens with zero attached hydrogens (tertiary/aromatic N) is 5. The summed E-state index contributed by atoms with van der Waals surface area (Å²) in [6.07, 6.45) is 7.66. The van der Waals surface area contributed by atoms with Crippen LogP contribution in [0.3, 0.4) is 0 Å². The number of aromatic nitrogens is 5. The lowest BCUT2D eigenvalue weighted by Crippen LogP contribution is -2.46. The van der Waals surface area contributed by atoms with E-state index >= 15 is 0 Å². The van der Waals surface area contributed by atoms with Crippen molar-refractivity contribution < 1.29 is 27.8 Å². The van der Waals surface area contributed by atoms with Crippen LogP contribution in [0.15, 0.2) is 53.8 Å². The molecule has 40 heavy (non-hydrogen) atoms. The summed E-state index contributed by atoms with van der Waals surface area (Å²) >= 11 is 0. The van der Waals surface area contributed by atoms with Crippen molar-refractivity contribution in [2.75, 3.05) is 38.9 Å². The Kier molecular flexibility index (Phi) is 7.73. The number of sulfone groups is 1. The van der Waals surface area contributed by atoms with Crippen LogP contribution in [0.1, 0.15) is 37.3 Å². The van der Waals surface area contributed by atoms with Crippen molar-refractivity contribution in [2.45, 2.75) is 42.1 Å². The summed E-state index contributed by atoms with van der Waals surface area (Å²) in [7, 11) is -2.24. The van der Waals surface area contributed by atoms with Gasteiger partial charge >= 0.3 is 0 Å². The summed E-state index contributed by atoms with van der Waals surface area (Å²) in [4.78, 5) is 17.5. The maximum Gasteiger partial charge on any atom is 0.189 e. The highest BCUT2D eigenvalue weighted by Crippen LogP contribution is 2.43. The number of hydrogen-bond donors (Lipinski definition) is 2. The molecule has 3 N–H and O–H groups in total. The molecule has 12 nitrogen and oxygen atoms in total. The zero-order valence-electron chi connectivity index (χ0n) is 22.4. The molecule has 1 aromatic carbocycles.